The molecule has 1 aliphatic heterocycles. The zero-order valence-electron chi connectivity index (χ0n) is 17.3. The number of carbonyl (C=O) groups excluding carboxylic acids is 1. The fraction of sp³-hybridized carbons (Fsp3) is 0.208. The molecule has 1 atom stereocenters. The number of benzene rings is 2. The molecule has 2 aromatic heterocycles. The Bertz CT molecular complexity index is 1260. The number of aromatic nitrogens is 4. The second kappa shape index (κ2) is 8.66. The van der Waals surface area contributed by atoms with Crippen molar-refractivity contribution in [3.63, 3.8) is 0 Å². The third kappa shape index (κ3) is 4.12. The van der Waals surface area contributed by atoms with Crippen molar-refractivity contribution >= 4 is 22.6 Å². The monoisotopic (exact) mass is 428 g/mol. The van der Waals surface area contributed by atoms with E-state index in [1.807, 2.05) is 24.3 Å². The Kier molecular flexibility index (Phi) is 5.41. The average molecular weight is 428 g/mol. The van der Waals surface area contributed by atoms with Gasteiger partial charge in [0.15, 0.2) is 0 Å². The third-order valence-corrected chi connectivity index (χ3v) is 5.65. The molecule has 7 nitrogen and oxygen atoms in total. The number of nitrogens with zero attached hydrogens (tertiary/aromatic N) is 5. The summed E-state index contributed by atoms with van der Waals surface area (Å²) < 4.78 is 14.6. The van der Waals surface area contributed by atoms with Gasteiger partial charge >= 0.3 is 0 Å². The highest BCUT2D eigenvalue weighted by molar-refractivity contribution is 5.95. The van der Waals surface area contributed by atoms with E-state index in [1.165, 1.54) is 6.07 Å². The fourth-order valence-corrected chi connectivity index (χ4v) is 4.05. The van der Waals surface area contributed by atoms with Gasteiger partial charge in [-0.25, -0.2) is 14.4 Å². The summed E-state index contributed by atoms with van der Waals surface area (Å²) in [6.07, 6.45) is 6.25. The molecule has 3 heterocycles. The van der Waals surface area contributed by atoms with Gasteiger partial charge in [-0.05, 0) is 30.2 Å². The van der Waals surface area contributed by atoms with Crippen molar-refractivity contribution in [3.05, 3.63) is 89.8 Å². The van der Waals surface area contributed by atoms with Gasteiger partial charge in [0.2, 0.25) is 5.95 Å². The molecule has 2 aromatic carbocycles. The molecule has 0 spiro atoms. The minimum Gasteiger partial charge on any atom is -0.350 e. The molecule has 0 bridgehead atoms. The van der Waals surface area contributed by atoms with Crippen molar-refractivity contribution in [3.8, 4) is 0 Å². The van der Waals surface area contributed by atoms with Crippen molar-refractivity contribution < 1.29 is 9.18 Å². The number of carbonyl (C=O) groups is 1. The number of fused-ring (bicyclic) bond motifs is 1. The van der Waals surface area contributed by atoms with Gasteiger partial charge in [0.25, 0.3) is 5.91 Å². The smallest absolute Gasteiger partial charge is 0.256 e. The summed E-state index contributed by atoms with van der Waals surface area (Å²) in [5.41, 5.74) is 1.68. The Morgan fingerprint density at radius 2 is 1.97 bits per heavy atom. The summed E-state index contributed by atoms with van der Waals surface area (Å²) in [4.78, 5) is 23.1. The van der Waals surface area contributed by atoms with E-state index in [2.05, 4.69) is 25.5 Å². The highest BCUT2D eigenvalue weighted by atomic mass is 19.1. The lowest BCUT2D eigenvalue weighted by atomic mass is 10.0. The van der Waals surface area contributed by atoms with Crippen molar-refractivity contribution in [1.82, 2.24) is 25.1 Å². The van der Waals surface area contributed by atoms with Gasteiger partial charge in [0.1, 0.15) is 5.82 Å². The minimum absolute atomic E-state index is 0.0264. The van der Waals surface area contributed by atoms with Gasteiger partial charge in [-0.2, -0.15) is 10.2 Å². The highest BCUT2D eigenvalue weighted by Gasteiger charge is 2.29. The molecule has 4 aromatic rings. The molecule has 0 aliphatic carbocycles. The van der Waals surface area contributed by atoms with E-state index in [1.54, 1.807) is 41.7 Å². The lowest BCUT2D eigenvalue weighted by molar-refractivity contribution is 0.0787. The van der Waals surface area contributed by atoms with Crippen LogP contribution in [-0.4, -0.2) is 50.1 Å². The fourth-order valence-electron chi connectivity index (χ4n) is 4.05. The van der Waals surface area contributed by atoms with Crippen LogP contribution in [0, 0.1) is 5.82 Å². The number of hydrogen-bond donors (Lipinski definition) is 1. The number of nitrogens with one attached hydrogen (secondary N) is 1. The first-order chi connectivity index (χ1) is 15.7. The van der Waals surface area contributed by atoms with Crippen molar-refractivity contribution in [2.75, 3.05) is 18.4 Å². The molecule has 1 N–H and O–H groups in total. The molecule has 1 aliphatic rings. The van der Waals surface area contributed by atoms with Crippen LogP contribution in [0.4, 0.5) is 10.3 Å². The first-order valence-electron chi connectivity index (χ1n) is 10.5. The lowest BCUT2D eigenvalue weighted by Crippen LogP contribution is -2.32. The van der Waals surface area contributed by atoms with E-state index in [0.717, 1.165) is 28.5 Å². The summed E-state index contributed by atoms with van der Waals surface area (Å²) in [7, 11) is 0. The van der Waals surface area contributed by atoms with E-state index < -0.39 is 5.82 Å². The quantitative estimate of drug-likeness (QED) is 0.524. The number of likely N-dealkylation sites (tertiary alicyclic amines) is 1. The van der Waals surface area contributed by atoms with Crippen molar-refractivity contribution in [2.45, 2.75) is 18.9 Å². The Morgan fingerprint density at radius 1 is 1.12 bits per heavy atom. The predicted octanol–water partition coefficient (Wildman–Crippen LogP) is 3.48. The molecule has 0 saturated carbocycles. The van der Waals surface area contributed by atoms with Crippen LogP contribution >= 0.6 is 0 Å². The van der Waals surface area contributed by atoms with Gasteiger partial charge in [-0.1, -0.05) is 30.3 Å². The van der Waals surface area contributed by atoms with Crippen LogP contribution in [0.1, 0.15) is 28.0 Å². The lowest BCUT2D eigenvalue weighted by Gasteiger charge is -2.18. The zero-order valence-corrected chi connectivity index (χ0v) is 17.3. The summed E-state index contributed by atoms with van der Waals surface area (Å²) in [5, 5.41) is 13.6. The van der Waals surface area contributed by atoms with Crippen LogP contribution in [0.15, 0.2) is 67.1 Å². The standard InChI is InChI=1S/C24H21FN6O/c25-21-7-6-16(13-22-19-5-2-1-4-17(19)14-28-30-22)12-20(21)23(32)31-11-8-18(15-31)29-24-26-9-3-10-27-24/h1-7,9-10,12,14,18H,8,11,13,15H2,(H,26,27,29). The first kappa shape index (κ1) is 20.0. The van der Waals surface area contributed by atoms with Gasteiger partial charge < -0.3 is 10.2 Å². The van der Waals surface area contributed by atoms with E-state index >= 15 is 0 Å². The zero-order chi connectivity index (χ0) is 21.9. The summed E-state index contributed by atoms with van der Waals surface area (Å²) in [6.45, 7) is 1.01. The summed E-state index contributed by atoms with van der Waals surface area (Å²) in [6, 6.07) is 14.3. The predicted molar refractivity (Wildman–Crippen MR) is 119 cm³/mol. The number of amides is 1. The van der Waals surface area contributed by atoms with Crippen molar-refractivity contribution in [1.29, 1.82) is 0 Å². The van der Waals surface area contributed by atoms with E-state index in [9.17, 15) is 9.18 Å². The Hall–Kier alpha value is -3.94. The van der Waals surface area contributed by atoms with Gasteiger partial charge in [-0.3, -0.25) is 4.79 Å². The molecule has 8 heteroatoms. The Balaban J connectivity index is 1.33. The maximum absolute atomic E-state index is 14.6. The van der Waals surface area contributed by atoms with Crippen LogP contribution < -0.4 is 5.32 Å². The van der Waals surface area contributed by atoms with Gasteiger partial charge in [0, 0.05) is 48.7 Å². The topological polar surface area (TPSA) is 83.9 Å². The molecular formula is C24H21FN6O. The summed E-state index contributed by atoms with van der Waals surface area (Å²) in [5.74, 6) is -0.312. The van der Waals surface area contributed by atoms with Crippen LogP contribution in [-0.2, 0) is 6.42 Å². The SMILES string of the molecule is O=C(c1cc(Cc2nncc3ccccc23)ccc1F)N1CCC(Nc2ncccn2)C1. The van der Waals surface area contributed by atoms with Crippen LogP contribution in [0.5, 0.6) is 0 Å². The number of halogens is 1. The third-order valence-electron chi connectivity index (χ3n) is 5.65. The molecule has 1 amide bonds. The number of anilines is 1. The average Bonchev–Trinajstić information content (AvgIpc) is 3.29. The molecule has 1 saturated heterocycles. The van der Waals surface area contributed by atoms with Crippen molar-refractivity contribution in [2.24, 2.45) is 0 Å². The Labute approximate surface area is 184 Å². The molecular weight excluding hydrogens is 407 g/mol. The highest BCUT2D eigenvalue weighted by Crippen LogP contribution is 2.22. The van der Waals surface area contributed by atoms with E-state index in [4.69, 9.17) is 0 Å². The largest absolute Gasteiger partial charge is 0.350 e. The van der Waals surface area contributed by atoms with Gasteiger partial charge in [-0.15, -0.1) is 0 Å². The van der Waals surface area contributed by atoms with E-state index in [-0.39, 0.29) is 17.5 Å². The maximum Gasteiger partial charge on any atom is 0.256 e. The molecule has 160 valence electrons. The maximum atomic E-state index is 14.6. The molecule has 5 rings (SSSR count). The second-order valence-electron chi connectivity index (χ2n) is 7.82. The number of hydrogen-bond acceptors (Lipinski definition) is 6. The molecule has 1 unspecified atom stereocenters. The normalized spacial score (nSPS) is 15.8. The van der Waals surface area contributed by atoms with Gasteiger partial charge in [0.05, 0.1) is 17.5 Å². The number of rotatable bonds is 5. The summed E-state index contributed by atoms with van der Waals surface area (Å²) >= 11 is 0. The second-order valence-corrected chi connectivity index (χ2v) is 7.82. The molecule has 32 heavy (non-hydrogen) atoms. The van der Waals surface area contributed by atoms with Crippen LogP contribution in [0.25, 0.3) is 10.8 Å². The van der Waals surface area contributed by atoms with Crippen LogP contribution in [0.3, 0.4) is 0 Å². The first-order valence-corrected chi connectivity index (χ1v) is 10.5. The van der Waals surface area contributed by atoms with Crippen LogP contribution in [0.2, 0.25) is 0 Å². The molecule has 0 radical (unpaired) electrons. The molecule has 1 fully saturated rings. The Morgan fingerprint density at radius 3 is 2.84 bits per heavy atom. The minimum atomic E-state index is -0.523. The van der Waals surface area contributed by atoms with E-state index in [0.29, 0.717) is 25.5 Å².